The normalized spacial score (nSPS) is 14.9. The van der Waals surface area contributed by atoms with Crippen LogP contribution >= 0.6 is 0 Å². The van der Waals surface area contributed by atoms with Gasteiger partial charge < -0.3 is 24.0 Å². The molecule has 0 aliphatic carbocycles. The molecule has 2 amide bonds. The second kappa shape index (κ2) is 7.71. The van der Waals surface area contributed by atoms with Crippen molar-refractivity contribution in [1.82, 2.24) is 9.80 Å². The van der Waals surface area contributed by atoms with E-state index in [-0.39, 0.29) is 12.0 Å². The summed E-state index contributed by atoms with van der Waals surface area (Å²) >= 11 is 0. The molecule has 1 aliphatic rings. The molecule has 0 aromatic heterocycles. The highest BCUT2D eigenvalue weighted by Gasteiger charge is 2.23. The van der Waals surface area contributed by atoms with Crippen LogP contribution in [0.1, 0.15) is 16.8 Å². The van der Waals surface area contributed by atoms with Crippen molar-refractivity contribution >= 4 is 12.0 Å². The van der Waals surface area contributed by atoms with Crippen molar-refractivity contribution in [2.24, 2.45) is 0 Å². The number of ether oxygens (including phenoxy) is 3. The molecule has 1 saturated heterocycles. The number of rotatable bonds is 3. The average molecular weight is 322 g/mol. The summed E-state index contributed by atoms with van der Waals surface area (Å²) in [5, 5.41) is 0. The Balaban J connectivity index is 2.10. The summed E-state index contributed by atoms with van der Waals surface area (Å²) in [6, 6.07) is 5.10. The van der Waals surface area contributed by atoms with Crippen molar-refractivity contribution in [3.05, 3.63) is 23.8 Å². The van der Waals surface area contributed by atoms with Crippen LogP contribution in [0, 0.1) is 0 Å². The smallest absolute Gasteiger partial charge is 0.409 e. The van der Waals surface area contributed by atoms with Crippen LogP contribution < -0.4 is 9.47 Å². The van der Waals surface area contributed by atoms with E-state index in [0.717, 1.165) is 0 Å². The zero-order valence-electron chi connectivity index (χ0n) is 13.7. The third kappa shape index (κ3) is 3.85. The standard InChI is InChI=1S/C16H22N2O5/c1-21-13-6-5-12(11-14(13)22-2)15(19)17-7-4-8-18(10-9-17)16(20)23-3/h5-6,11H,4,7-10H2,1-3H3. The molecule has 0 spiro atoms. The third-order valence-electron chi connectivity index (χ3n) is 3.85. The highest BCUT2D eigenvalue weighted by molar-refractivity contribution is 5.95. The molecule has 0 atom stereocenters. The van der Waals surface area contributed by atoms with E-state index in [2.05, 4.69) is 0 Å². The molecule has 23 heavy (non-hydrogen) atoms. The Morgan fingerprint density at radius 1 is 0.913 bits per heavy atom. The van der Waals surface area contributed by atoms with E-state index in [0.29, 0.717) is 49.7 Å². The van der Waals surface area contributed by atoms with E-state index < -0.39 is 0 Å². The lowest BCUT2D eigenvalue weighted by Gasteiger charge is -2.22. The van der Waals surface area contributed by atoms with Gasteiger partial charge in [0, 0.05) is 31.7 Å². The minimum absolute atomic E-state index is 0.0855. The lowest BCUT2D eigenvalue weighted by atomic mass is 10.1. The van der Waals surface area contributed by atoms with Gasteiger partial charge in [-0.3, -0.25) is 4.79 Å². The number of hydrogen-bond acceptors (Lipinski definition) is 5. The van der Waals surface area contributed by atoms with Gasteiger partial charge in [0.05, 0.1) is 21.3 Å². The minimum atomic E-state index is -0.356. The number of hydrogen-bond donors (Lipinski definition) is 0. The predicted molar refractivity (Wildman–Crippen MR) is 84.0 cm³/mol. The molecule has 1 aromatic rings. The first-order valence-corrected chi connectivity index (χ1v) is 7.45. The number of benzene rings is 1. The van der Waals surface area contributed by atoms with E-state index in [1.165, 1.54) is 14.2 Å². The SMILES string of the molecule is COC(=O)N1CCCN(C(=O)c2ccc(OC)c(OC)c2)CC1. The van der Waals surface area contributed by atoms with Crippen LogP contribution in [0.15, 0.2) is 18.2 Å². The summed E-state index contributed by atoms with van der Waals surface area (Å²) in [7, 11) is 4.45. The maximum Gasteiger partial charge on any atom is 0.409 e. The largest absolute Gasteiger partial charge is 0.493 e. The van der Waals surface area contributed by atoms with Gasteiger partial charge >= 0.3 is 6.09 Å². The first-order chi connectivity index (χ1) is 11.1. The molecule has 0 bridgehead atoms. The van der Waals surface area contributed by atoms with Gasteiger partial charge in [-0.25, -0.2) is 4.79 Å². The number of methoxy groups -OCH3 is 3. The Hall–Kier alpha value is -2.44. The van der Waals surface area contributed by atoms with Crippen molar-refractivity contribution in [2.45, 2.75) is 6.42 Å². The van der Waals surface area contributed by atoms with Gasteiger partial charge in [-0.05, 0) is 24.6 Å². The molecule has 0 N–H and O–H groups in total. The average Bonchev–Trinajstić information content (AvgIpc) is 2.85. The van der Waals surface area contributed by atoms with Crippen LogP contribution in [0.5, 0.6) is 11.5 Å². The van der Waals surface area contributed by atoms with Crippen LogP contribution in [0.25, 0.3) is 0 Å². The molecule has 7 nitrogen and oxygen atoms in total. The Labute approximate surface area is 135 Å². The fourth-order valence-electron chi connectivity index (χ4n) is 2.58. The van der Waals surface area contributed by atoms with E-state index in [1.54, 1.807) is 35.1 Å². The van der Waals surface area contributed by atoms with Crippen LogP contribution in [-0.4, -0.2) is 69.3 Å². The van der Waals surface area contributed by atoms with Crippen molar-refractivity contribution in [3.63, 3.8) is 0 Å². The summed E-state index contributed by atoms with van der Waals surface area (Å²) in [6.45, 7) is 2.12. The zero-order valence-corrected chi connectivity index (χ0v) is 13.7. The molecule has 1 heterocycles. The molecule has 0 saturated carbocycles. The van der Waals surface area contributed by atoms with Gasteiger partial charge in [-0.2, -0.15) is 0 Å². The van der Waals surface area contributed by atoms with Crippen molar-refractivity contribution < 1.29 is 23.8 Å². The Morgan fingerprint density at radius 3 is 2.22 bits per heavy atom. The number of amides is 2. The lowest BCUT2D eigenvalue weighted by molar-refractivity contribution is 0.0756. The molecule has 1 fully saturated rings. The molecule has 7 heteroatoms. The van der Waals surface area contributed by atoms with Crippen molar-refractivity contribution in [2.75, 3.05) is 47.5 Å². The first kappa shape index (κ1) is 16.9. The van der Waals surface area contributed by atoms with E-state index in [4.69, 9.17) is 14.2 Å². The summed E-state index contributed by atoms with van der Waals surface area (Å²) in [5.41, 5.74) is 0.536. The fourth-order valence-corrected chi connectivity index (χ4v) is 2.58. The van der Waals surface area contributed by atoms with Crippen LogP contribution in [0.4, 0.5) is 4.79 Å². The molecular formula is C16H22N2O5. The summed E-state index contributed by atoms with van der Waals surface area (Å²) in [5.74, 6) is 1.01. The highest BCUT2D eigenvalue weighted by Crippen LogP contribution is 2.28. The van der Waals surface area contributed by atoms with Gasteiger partial charge in [0.15, 0.2) is 11.5 Å². The van der Waals surface area contributed by atoms with E-state index >= 15 is 0 Å². The lowest BCUT2D eigenvalue weighted by Crippen LogP contribution is -2.37. The zero-order chi connectivity index (χ0) is 16.8. The fraction of sp³-hybridized carbons (Fsp3) is 0.500. The Bertz CT molecular complexity index is 576. The van der Waals surface area contributed by atoms with Crippen LogP contribution in [-0.2, 0) is 4.74 Å². The highest BCUT2D eigenvalue weighted by atomic mass is 16.5. The van der Waals surface area contributed by atoms with Gasteiger partial charge in [0.2, 0.25) is 0 Å². The van der Waals surface area contributed by atoms with Crippen LogP contribution in [0.3, 0.4) is 0 Å². The topological polar surface area (TPSA) is 68.3 Å². The first-order valence-electron chi connectivity index (χ1n) is 7.45. The molecule has 1 aromatic carbocycles. The Morgan fingerprint density at radius 2 is 1.57 bits per heavy atom. The molecular weight excluding hydrogens is 300 g/mol. The molecule has 1 aliphatic heterocycles. The number of nitrogens with zero attached hydrogens (tertiary/aromatic N) is 2. The molecule has 2 rings (SSSR count). The van der Waals surface area contributed by atoms with Crippen LogP contribution in [0.2, 0.25) is 0 Å². The number of carbonyl (C=O) groups is 2. The van der Waals surface area contributed by atoms with E-state index in [9.17, 15) is 9.59 Å². The Kier molecular flexibility index (Phi) is 5.67. The van der Waals surface area contributed by atoms with Gasteiger partial charge in [0.25, 0.3) is 5.91 Å². The molecule has 0 radical (unpaired) electrons. The summed E-state index contributed by atoms with van der Waals surface area (Å²) in [4.78, 5) is 27.6. The van der Waals surface area contributed by atoms with Gasteiger partial charge in [-0.1, -0.05) is 0 Å². The quantitative estimate of drug-likeness (QED) is 0.846. The van der Waals surface area contributed by atoms with E-state index in [1.807, 2.05) is 0 Å². The summed E-state index contributed by atoms with van der Waals surface area (Å²) < 4.78 is 15.2. The molecule has 0 unspecified atom stereocenters. The third-order valence-corrected chi connectivity index (χ3v) is 3.85. The van der Waals surface area contributed by atoms with Gasteiger partial charge in [0.1, 0.15) is 0 Å². The minimum Gasteiger partial charge on any atom is -0.493 e. The maximum absolute atomic E-state index is 12.7. The van der Waals surface area contributed by atoms with Crippen molar-refractivity contribution in [1.29, 1.82) is 0 Å². The second-order valence-corrected chi connectivity index (χ2v) is 5.17. The number of carbonyl (C=O) groups excluding carboxylic acids is 2. The second-order valence-electron chi connectivity index (χ2n) is 5.17. The monoisotopic (exact) mass is 322 g/mol. The maximum atomic E-state index is 12.7. The van der Waals surface area contributed by atoms with Gasteiger partial charge in [-0.15, -0.1) is 0 Å². The van der Waals surface area contributed by atoms with Crippen molar-refractivity contribution in [3.8, 4) is 11.5 Å². The predicted octanol–water partition coefficient (Wildman–Crippen LogP) is 1.62. The molecule has 126 valence electrons. The summed E-state index contributed by atoms with van der Waals surface area (Å²) in [6.07, 6.45) is 0.360.